The van der Waals surface area contributed by atoms with Crippen LogP contribution in [-0.4, -0.2) is 61.8 Å². The third-order valence-electron chi connectivity index (χ3n) is 4.66. The van der Waals surface area contributed by atoms with Crippen LogP contribution in [0.15, 0.2) is 68.8 Å². The van der Waals surface area contributed by atoms with Gasteiger partial charge in [-0.05, 0) is 5.56 Å². The minimum absolute atomic E-state index is 0.125. The van der Waals surface area contributed by atoms with Gasteiger partial charge in [0.2, 0.25) is 0 Å². The Morgan fingerprint density at radius 1 is 0.710 bits per heavy atom. The molecule has 166 valence electrons. The molecule has 0 radical (unpaired) electrons. The summed E-state index contributed by atoms with van der Waals surface area (Å²) >= 11 is 0. The molecule has 31 heavy (non-hydrogen) atoms. The van der Waals surface area contributed by atoms with Crippen LogP contribution >= 0.6 is 0 Å². The second kappa shape index (κ2) is 13.7. The summed E-state index contributed by atoms with van der Waals surface area (Å²) in [6.45, 7) is 16.1. The highest BCUT2D eigenvalue weighted by Crippen LogP contribution is 2.17. The van der Waals surface area contributed by atoms with E-state index < -0.39 is 17.9 Å². The number of carbonyl (C=O) groups is 3. The van der Waals surface area contributed by atoms with Crippen molar-refractivity contribution in [3.8, 4) is 0 Å². The first-order valence-corrected chi connectivity index (χ1v) is 9.82. The molecule has 0 amide bonds. The molecule has 0 bridgehead atoms. The Balaban J connectivity index is 3.07. The minimum Gasteiger partial charge on any atom is -0.457 e. The monoisotopic (exact) mass is 428 g/mol. The quantitative estimate of drug-likeness (QED) is 0.185. The number of rotatable bonds is 15. The summed E-state index contributed by atoms with van der Waals surface area (Å²) in [6.07, 6.45) is 5.05. The molecule has 0 aromatic heterocycles. The summed E-state index contributed by atoms with van der Waals surface area (Å²) in [4.78, 5) is 34.5. The van der Waals surface area contributed by atoms with Crippen LogP contribution in [0, 0.1) is 0 Å². The third kappa shape index (κ3) is 9.73. The molecule has 0 aliphatic carbocycles. The molecule has 1 rings (SSSR count). The largest absolute Gasteiger partial charge is 0.457 e. The maximum atomic E-state index is 11.5. The van der Waals surface area contributed by atoms with Crippen molar-refractivity contribution < 1.29 is 33.1 Å². The Bertz CT molecular complexity index is 732. The van der Waals surface area contributed by atoms with E-state index in [2.05, 4.69) is 26.3 Å². The van der Waals surface area contributed by atoms with E-state index in [-0.39, 0.29) is 19.8 Å². The summed E-state index contributed by atoms with van der Waals surface area (Å²) < 4.78 is 15.9. The van der Waals surface area contributed by atoms with E-state index in [1.54, 1.807) is 6.08 Å². The van der Waals surface area contributed by atoms with Gasteiger partial charge in [-0.3, -0.25) is 0 Å². The fourth-order valence-corrected chi connectivity index (χ4v) is 2.92. The van der Waals surface area contributed by atoms with Crippen LogP contribution < -0.4 is 0 Å². The number of hydrogen-bond acceptors (Lipinski definition) is 6. The van der Waals surface area contributed by atoms with Crippen molar-refractivity contribution in [2.24, 2.45) is 0 Å². The standard InChI is InChI=1S/C24H30NO6/c1-5-20-9-11-21(12-10-20)19-25(13-16-29-22(26)6-2,14-17-30-23(27)7-3)15-18-31-24(28)8-4/h5-12H,1-4,13-19H2/q+1. The van der Waals surface area contributed by atoms with Crippen LogP contribution in [0.25, 0.3) is 6.08 Å². The highest BCUT2D eigenvalue weighted by Gasteiger charge is 2.29. The Kier molecular flexibility index (Phi) is 11.3. The van der Waals surface area contributed by atoms with Crippen LogP contribution in [-0.2, 0) is 35.1 Å². The molecule has 0 unspecified atom stereocenters. The molecule has 0 saturated carbocycles. The first-order chi connectivity index (χ1) is 14.9. The van der Waals surface area contributed by atoms with Gasteiger partial charge in [-0.2, -0.15) is 0 Å². The highest BCUT2D eigenvalue weighted by molar-refractivity contribution is 5.81. The van der Waals surface area contributed by atoms with Gasteiger partial charge in [0.05, 0.1) is 0 Å². The lowest BCUT2D eigenvalue weighted by molar-refractivity contribution is -0.941. The molecule has 0 N–H and O–H groups in total. The summed E-state index contributed by atoms with van der Waals surface area (Å²) in [7, 11) is 0. The van der Waals surface area contributed by atoms with Crippen molar-refractivity contribution in [1.29, 1.82) is 0 Å². The smallest absolute Gasteiger partial charge is 0.330 e. The van der Waals surface area contributed by atoms with Crippen molar-refractivity contribution in [3.05, 3.63) is 79.9 Å². The molecular weight excluding hydrogens is 398 g/mol. The third-order valence-corrected chi connectivity index (χ3v) is 4.66. The van der Waals surface area contributed by atoms with Crippen LogP contribution in [0.2, 0.25) is 0 Å². The normalized spacial score (nSPS) is 10.5. The zero-order valence-corrected chi connectivity index (χ0v) is 17.8. The Hall–Kier alpha value is -3.45. The van der Waals surface area contributed by atoms with Gasteiger partial charge >= 0.3 is 17.9 Å². The number of esters is 3. The van der Waals surface area contributed by atoms with Crippen molar-refractivity contribution in [2.75, 3.05) is 39.5 Å². The van der Waals surface area contributed by atoms with Gasteiger partial charge in [-0.15, -0.1) is 0 Å². The van der Waals surface area contributed by atoms with Crippen molar-refractivity contribution in [3.63, 3.8) is 0 Å². The van der Waals surface area contributed by atoms with Gasteiger partial charge in [0.15, 0.2) is 0 Å². The van der Waals surface area contributed by atoms with E-state index in [1.807, 2.05) is 24.3 Å². The topological polar surface area (TPSA) is 78.9 Å². The predicted molar refractivity (Wildman–Crippen MR) is 119 cm³/mol. The highest BCUT2D eigenvalue weighted by atomic mass is 16.5. The zero-order chi connectivity index (χ0) is 23.1. The molecular formula is C24H30NO6+. The lowest BCUT2D eigenvalue weighted by Crippen LogP contribution is -2.53. The molecule has 0 atom stereocenters. The van der Waals surface area contributed by atoms with Gasteiger partial charge in [-0.25, -0.2) is 14.4 Å². The second-order valence-corrected chi connectivity index (χ2v) is 6.73. The lowest BCUT2D eigenvalue weighted by Gasteiger charge is -2.38. The number of carbonyl (C=O) groups excluding carboxylic acids is 3. The maximum absolute atomic E-state index is 11.5. The van der Waals surface area contributed by atoms with Gasteiger partial charge in [0, 0.05) is 23.8 Å². The van der Waals surface area contributed by atoms with Gasteiger partial charge in [0.1, 0.15) is 46.0 Å². The summed E-state index contributed by atoms with van der Waals surface area (Å²) in [5.41, 5.74) is 2.01. The fraction of sp³-hybridized carbons (Fsp3) is 0.292. The first kappa shape index (κ1) is 25.6. The number of benzene rings is 1. The van der Waals surface area contributed by atoms with E-state index in [0.29, 0.717) is 30.7 Å². The Labute approximate surface area is 183 Å². The minimum atomic E-state index is -0.524. The molecule has 7 heteroatoms. The van der Waals surface area contributed by atoms with E-state index in [0.717, 1.165) is 29.4 Å². The molecule has 0 heterocycles. The average Bonchev–Trinajstić information content (AvgIpc) is 2.79. The summed E-state index contributed by atoms with van der Waals surface area (Å²) in [5, 5.41) is 0. The molecule has 1 aromatic rings. The van der Waals surface area contributed by atoms with Crippen LogP contribution in [0.1, 0.15) is 11.1 Å². The van der Waals surface area contributed by atoms with Crippen molar-refractivity contribution in [1.82, 2.24) is 0 Å². The summed E-state index contributed by atoms with van der Waals surface area (Å²) in [6, 6.07) is 7.85. The van der Waals surface area contributed by atoms with Crippen molar-refractivity contribution in [2.45, 2.75) is 6.54 Å². The first-order valence-electron chi connectivity index (χ1n) is 9.82. The number of ether oxygens (including phenoxy) is 3. The fourth-order valence-electron chi connectivity index (χ4n) is 2.92. The molecule has 1 aromatic carbocycles. The molecule has 0 spiro atoms. The average molecular weight is 429 g/mol. The van der Waals surface area contributed by atoms with E-state index >= 15 is 0 Å². The number of quaternary nitrogens is 1. The van der Waals surface area contributed by atoms with E-state index in [1.165, 1.54) is 0 Å². The molecule has 0 aliphatic rings. The second-order valence-electron chi connectivity index (χ2n) is 6.73. The van der Waals surface area contributed by atoms with E-state index in [9.17, 15) is 14.4 Å². The van der Waals surface area contributed by atoms with Gasteiger partial charge in [0.25, 0.3) is 0 Å². The van der Waals surface area contributed by atoms with Crippen LogP contribution in [0.3, 0.4) is 0 Å². The number of nitrogens with zero attached hydrogens (tertiary/aromatic N) is 1. The van der Waals surface area contributed by atoms with Crippen LogP contribution in [0.5, 0.6) is 0 Å². The SMILES string of the molecule is C=CC(=O)OCC[N+](CCOC(=O)C=C)(CCOC(=O)C=C)Cc1ccc(C=C)cc1. The molecule has 0 aliphatic heterocycles. The molecule has 0 saturated heterocycles. The van der Waals surface area contributed by atoms with Gasteiger partial charge in [-0.1, -0.05) is 56.7 Å². The van der Waals surface area contributed by atoms with E-state index in [4.69, 9.17) is 14.2 Å². The predicted octanol–water partition coefficient (Wildman–Crippen LogP) is 2.83. The Morgan fingerprint density at radius 2 is 1.10 bits per heavy atom. The van der Waals surface area contributed by atoms with Gasteiger partial charge < -0.3 is 18.7 Å². The van der Waals surface area contributed by atoms with Crippen LogP contribution in [0.4, 0.5) is 0 Å². The zero-order valence-electron chi connectivity index (χ0n) is 17.8. The molecule has 7 nitrogen and oxygen atoms in total. The van der Waals surface area contributed by atoms with Crippen molar-refractivity contribution >= 4 is 24.0 Å². The number of hydrogen-bond donors (Lipinski definition) is 0. The molecule has 0 fully saturated rings. The Morgan fingerprint density at radius 3 is 1.42 bits per heavy atom. The maximum Gasteiger partial charge on any atom is 0.330 e. The lowest BCUT2D eigenvalue weighted by atomic mass is 10.1. The summed E-state index contributed by atoms with van der Waals surface area (Å²) in [5.74, 6) is -1.57.